The SMILES string of the molecule is CC(=O)N1CCN(c2cccc(F)c2CCN)CC1. The molecule has 0 aliphatic carbocycles. The van der Waals surface area contributed by atoms with Crippen LogP contribution in [0.5, 0.6) is 0 Å². The van der Waals surface area contributed by atoms with Crippen LogP contribution in [0.3, 0.4) is 0 Å². The maximum absolute atomic E-state index is 13.9. The van der Waals surface area contributed by atoms with E-state index in [0.29, 0.717) is 31.6 Å². The first-order valence-corrected chi connectivity index (χ1v) is 6.61. The predicted octanol–water partition coefficient (Wildman–Crippen LogP) is 0.995. The zero-order valence-corrected chi connectivity index (χ0v) is 11.2. The van der Waals surface area contributed by atoms with Gasteiger partial charge in [0.15, 0.2) is 0 Å². The van der Waals surface area contributed by atoms with Crippen LogP contribution in [0.4, 0.5) is 10.1 Å². The van der Waals surface area contributed by atoms with Crippen molar-refractivity contribution in [2.45, 2.75) is 13.3 Å². The normalized spacial score (nSPS) is 15.7. The fraction of sp³-hybridized carbons (Fsp3) is 0.500. The molecule has 2 rings (SSSR count). The van der Waals surface area contributed by atoms with Gasteiger partial charge in [0.2, 0.25) is 5.91 Å². The third-order valence-corrected chi connectivity index (χ3v) is 3.55. The molecule has 1 aromatic rings. The number of carbonyl (C=O) groups is 1. The molecule has 19 heavy (non-hydrogen) atoms. The summed E-state index contributed by atoms with van der Waals surface area (Å²) in [6, 6.07) is 5.12. The molecular weight excluding hydrogens is 245 g/mol. The van der Waals surface area contributed by atoms with Gasteiger partial charge in [-0.25, -0.2) is 4.39 Å². The van der Waals surface area contributed by atoms with Crippen molar-refractivity contribution in [2.24, 2.45) is 5.73 Å². The minimum atomic E-state index is -0.197. The van der Waals surface area contributed by atoms with Crippen LogP contribution in [0.15, 0.2) is 18.2 Å². The average molecular weight is 265 g/mol. The van der Waals surface area contributed by atoms with Gasteiger partial charge < -0.3 is 15.5 Å². The van der Waals surface area contributed by atoms with E-state index in [0.717, 1.165) is 18.8 Å². The van der Waals surface area contributed by atoms with Crippen LogP contribution < -0.4 is 10.6 Å². The van der Waals surface area contributed by atoms with Gasteiger partial charge in [0, 0.05) is 44.4 Å². The van der Waals surface area contributed by atoms with Crippen LogP contribution in [0.2, 0.25) is 0 Å². The Bertz CT molecular complexity index is 456. The molecule has 4 nitrogen and oxygen atoms in total. The number of halogens is 1. The number of carbonyl (C=O) groups excluding carboxylic acids is 1. The second-order valence-corrected chi connectivity index (χ2v) is 4.77. The van der Waals surface area contributed by atoms with Gasteiger partial charge in [0.05, 0.1) is 0 Å². The summed E-state index contributed by atoms with van der Waals surface area (Å²) in [5.74, 6) is -0.0991. The minimum Gasteiger partial charge on any atom is -0.368 e. The van der Waals surface area contributed by atoms with Crippen molar-refractivity contribution in [1.82, 2.24) is 4.90 Å². The molecule has 1 aliphatic rings. The number of nitrogens with two attached hydrogens (primary N) is 1. The number of hydrogen-bond acceptors (Lipinski definition) is 3. The highest BCUT2D eigenvalue weighted by molar-refractivity contribution is 5.73. The van der Waals surface area contributed by atoms with E-state index in [1.165, 1.54) is 6.07 Å². The van der Waals surface area contributed by atoms with E-state index in [-0.39, 0.29) is 11.7 Å². The second-order valence-electron chi connectivity index (χ2n) is 4.77. The van der Waals surface area contributed by atoms with E-state index >= 15 is 0 Å². The van der Waals surface area contributed by atoms with E-state index in [9.17, 15) is 9.18 Å². The molecule has 0 saturated carbocycles. The fourth-order valence-corrected chi connectivity index (χ4v) is 2.50. The van der Waals surface area contributed by atoms with E-state index in [1.54, 1.807) is 13.0 Å². The maximum atomic E-state index is 13.9. The van der Waals surface area contributed by atoms with Gasteiger partial charge in [-0.1, -0.05) is 6.07 Å². The summed E-state index contributed by atoms with van der Waals surface area (Å²) < 4.78 is 13.9. The number of amides is 1. The number of piperazine rings is 1. The van der Waals surface area contributed by atoms with Crippen molar-refractivity contribution in [3.05, 3.63) is 29.6 Å². The van der Waals surface area contributed by atoms with E-state index in [4.69, 9.17) is 5.73 Å². The molecule has 5 heteroatoms. The number of nitrogens with zero attached hydrogens (tertiary/aromatic N) is 2. The van der Waals surface area contributed by atoms with Crippen LogP contribution in [-0.2, 0) is 11.2 Å². The molecule has 104 valence electrons. The van der Waals surface area contributed by atoms with Crippen molar-refractivity contribution in [1.29, 1.82) is 0 Å². The van der Waals surface area contributed by atoms with E-state index in [2.05, 4.69) is 4.90 Å². The van der Waals surface area contributed by atoms with Crippen LogP contribution >= 0.6 is 0 Å². The molecule has 1 fully saturated rings. The van der Waals surface area contributed by atoms with E-state index < -0.39 is 0 Å². The Morgan fingerprint density at radius 1 is 1.32 bits per heavy atom. The van der Waals surface area contributed by atoms with Gasteiger partial charge in [0.25, 0.3) is 0 Å². The molecule has 0 unspecified atom stereocenters. The molecule has 0 radical (unpaired) electrons. The predicted molar refractivity (Wildman–Crippen MR) is 73.6 cm³/mol. The lowest BCUT2D eigenvalue weighted by atomic mass is 10.1. The van der Waals surface area contributed by atoms with E-state index in [1.807, 2.05) is 11.0 Å². The summed E-state index contributed by atoms with van der Waals surface area (Å²) in [7, 11) is 0. The summed E-state index contributed by atoms with van der Waals surface area (Å²) >= 11 is 0. The van der Waals surface area contributed by atoms with Gasteiger partial charge in [-0.15, -0.1) is 0 Å². The highest BCUT2D eigenvalue weighted by atomic mass is 19.1. The Hall–Kier alpha value is -1.62. The molecule has 0 aromatic heterocycles. The summed E-state index contributed by atoms with van der Waals surface area (Å²) in [6.07, 6.45) is 0.537. The Labute approximate surface area is 113 Å². The van der Waals surface area contributed by atoms with Crippen molar-refractivity contribution in [3.63, 3.8) is 0 Å². The Kier molecular flexibility index (Phi) is 4.37. The molecule has 2 N–H and O–H groups in total. The quantitative estimate of drug-likeness (QED) is 0.887. The van der Waals surface area contributed by atoms with Gasteiger partial charge in [-0.2, -0.15) is 0 Å². The highest BCUT2D eigenvalue weighted by Gasteiger charge is 2.21. The number of benzene rings is 1. The van der Waals surface area contributed by atoms with Gasteiger partial charge in [0.1, 0.15) is 5.82 Å². The Balaban J connectivity index is 2.15. The Morgan fingerprint density at radius 3 is 2.58 bits per heavy atom. The smallest absolute Gasteiger partial charge is 0.219 e. The lowest BCUT2D eigenvalue weighted by molar-refractivity contribution is -0.129. The standard InChI is InChI=1S/C14H20FN3O/c1-11(19)17-7-9-18(10-8-17)14-4-2-3-13(15)12(14)5-6-16/h2-4H,5-10,16H2,1H3. The van der Waals surface area contributed by atoms with Crippen molar-refractivity contribution in [2.75, 3.05) is 37.6 Å². The first-order valence-electron chi connectivity index (χ1n) is 6.61. The fourth-order valence-electron chi connectivity index (χ4n) is 2.50. The van der Waals surface area contributed by atoms with Crippen LogP contribution in [0.25, 0.3) is 0 Å². The van der Waals surface area contributed by atoms with Crippen molar-refractivity contribution >= 4 is 11.6 Å². The third kappa shape index (κ3) is 3.04. The molecule has 1 heterocycles. The first kappa shape index (κ1) is 13.8. The lowest BCUT2D eigenvalue weighted by Gasteiger charge is -2.36. The van der Waals surface area contributed by atoms with Gasteiger partial charge in [-0.05, 0) is 25.1 Å². The largest absolute Gasteiger partial charge is 0.368 e. The topological polar surface area (TPSA) is 49.6 Å². The summed E-state index contributed by atoms with van der Waals surface area (Å²) in [5.41, 5.74) is 7.14. The summed E-state index contributed by atoms with van der Waals surface area (Å²) in [4.78, 5) is 15.2. The van der Waals surface area contributed by atoms with Crippen LogP contribution in [0.1, 0.15) is 12.5 Å². The van der Waals surface area contributed by atoms with Gasteiger partial charge in [-0.3, -0.25) is 4.79 Å². The monoisotopic (exact) mass is 265 g/mol. The van der Waals surface area contributed by atoms with Crippen molar-refractivity contribution in [3.8, 4) is 0 Å². The zero-order chi connectivity index (χ0) is 13.8. The van der Waals surface area contributed by atoms with Crippen LogP contribution in [-0.4, -0.2) is 43.5 Å². The first-order chi connectivity index (χ1) is 9.13. The number of anilines is 1. The molecule has 1 aliphatic heterocycles. The minimum absolute atomic E-state index is 0.0982. The summed E-state index contributed by atoms with van der Waals surface area (Å²) in [5, 5.41) is 0. The lowest BCUT2D eigenvalue weighted by Crippen LogP contribution is -2.48. The zero-order valence-electron chi connectivity index (χ0n) is 11.2. The average Bonchev–Trinajstić information content (AvgIpc) is 2.41. The summed E-state index contributed by atoms with van der Waals surface area (Å²) in [6.45, 7) is 4.86. The second kappa shape index (κ2) is 6.02. The maximum Gasteiger partial charge on any atom is 0.219 e. The molecule has 1 aromatic carbocycles. The molecular formula is C14H20FN3O. The molecule has 0 spiro atoms. The highest BCUT2D eigenvalue weighted by Crippen LogP contribution is 2.24. The number of hydrogen-bond donors (Lipinski definition) is 1. The van der Waals surface area contributed by atoms with Gasteiger partial charge >= 0.3 is 0 Å². The number of rotatable bonds is 3. The Morgan fingerprint density at radius 2 is 2.00 bits per heavy atom. The third-order valence-electron chi connectivity index (χ3n) is 3.55. The van der Waals surface area contributed by atoms with Crippen molar-refractivity contribution < 1.29 is 9.18 Å². The van der Waals surface area contributed by atoms with Crippen LogP contribution in [0, 0.1) is 5.82 Å². The molecule has 1 saturated heterocycles. The molecule has 1 amide bonds. The molecule has 0 bridgehead atoms. The molecule has 0 atom stereocenters.